The average molecular weight is 287 g/mol. The number of aliphatic hydroxyl groups is 1. The third-order valence-electron chi connectivity index (χ3n) is 4.00. The lowest BCUT2D eigenvalue weighted by Crippen LogP contribution is -2.43. The summed E-state index contributed by atoms with van der Waals surface area (Å²) in [6.07, 6.45) is 0.596. The smallest absolute Gasteiger partial charge is 0.251 e. The van der Waals surface area contributed by atoms with Crippen LogP contribution in [-0.4, -0.2) is 42.5 Å². The highest BCUT2D eigenvalue weighted by molar-refractivity contribution is 5.83. The number of benzene rings is 1. The monoisotopic (exact) mass is 287 g/mol. The quantitative estimate of drug-likeness (QED) is 0.873. The number of hydrogen-bond donors (Lipinski definition) is 2. The molecule has 0 atom stereocenters. The van der Waals surface area contributed by atoms with Gasteiger partial charge in [-0.15, -0.1) is 0 Å². The van der Waals surface area contributed by atoms with Crippen LogP contribution in [0.2, 0.25) is 0 Å². The van der Waals surface area contributed by atoms with Crippen molar-refractivity contribution in [3.63, 3.8) is 0 Å². The standard InChI is InChI=1S/C16H21N3O2/c20-11-1-8-19-15-4-3-14(18-9-6-17-7-10-18)12-13(15)2-5-16(19)21/h2-5,12,17,20H,1,6-11H2. The van der Waals surface area contributed by atoms with Crippen molar-refractivity contribution in [3.8, 4) is 0 Å². The molecule has 1 aromatic heterocycles. The first-order valence-electron chi connectivity index (χ1n) is 7.50. The number of anilines is 1. The fourth-order valence-corrected chi connectivity index (χ4v) is 2.87. The molecule has 112 valence electrons. The van der Waals surface area contributed by atoms with E-state index in [1.54, 1.807) is 10.6 Å². The topological polar surface area (TPSA) is 57.5 Å². The zero-order valence-electron chi connectivity index (χ0n) is 12.1. The highest BCUT2D eigenvalue weighted by atomic mass is 16.3. The van der Waals surface area contributed by atoms with Crippen molar-refractivity contribution in [1.29, 1.82) is 0 Å². The molecule has 0 unspecified atom stereocenters. The lowest BCUT2D eigenvalue weighted by molar-refractivity contribution is 0.280. The van der Waals surface area contributed by atoms with E-state index in [0.717, 1.165) is 37.1 Å². The second kappa shape index (κ2) is 6.28. The fourth-order valence-electron chi connectivity index (χ4n) is 2.87. The lowest BCUT2D eigenvalue weighted by atomic mass is 10.1. The molecular formula is C16H21N3O2. The summed E-state index contributed by atoms with van der Waals surface area (Å²) < 4.78 is 1.74. The average Bonchev–Trinajstić information content (AvgIpc) is 2.54. The minimum Gasteiger partial charge on any atom is -0.396 e. The molecule has 1 aliphatic heterocycles. The Morgan fingerprint density at radius 2 is 1.95 bits per heavy atom. The van der Waals surface area contributed by atoms with E-state index in [1.807, 2.05) is 12.1 Å². The van der Waals surface area contributed by atoms with E-state index in [1.165, 1.54) is 5.69 Å². The maximum atomic E-state index is 12.0. The summed E-state index contributed by atoms with van der Waals surface area (Å²) >= 11 is 0. The maximum Gasteiger partial charge on any atom is 0.251 e. The number of piperazine rings is 1. The van der Waals surface area contributed by atoms with Crippen molar-refractivity contribution in [2.45, 2.75) is 13.0 Å². The Morgan fingerprint density at radius 1 is 1.14 bits per heavy atom. The largest absolute Gasteiger partial charge is 0.396 e. The molecule has 0 bridgehead atoms. The Bertz CT molecular complexity index is 675. The van der Waals surface area contributed by atoms with Crippen molar-refractivity contribution >= 4 is 16.6 Å². The minimum absolute atomic E-state index is 0.00845. The maximum absolute atomic E-state index is 12.0. The highest BCUT2D eigenvalue weighted by Crippen LogP contribution is 2.21. The van der Waals surface area contributed by atoms with Gasteiger partial charge in [-0.1, -0.05) is 0 Å². The molecule has 21 heavy (non-hydrogen) atoms. The van der Waals surface area contributed by atoms with Crippen molar-refractivity contribution in [3.05, 3.63) is 40.7 Å². The summed E-state index contributed by atoms with van der Waals surface area (Å²) in [4.78, 5) is 14.3. The van der Waals surface area contributed by atoms with Crippen LogP contribution in [0.25, 0.3) is 10.9 Å². The van der Waals surface area contributed by atoms with Crippen LogP contribution in [0, 0.1) is 0 Å². The van der Waals surface area contributed by atoms with E-state index in [-0.39, 0.29) is 12.2 Å². The van der Waals surface area contributed by atoms with Gasteiger partial charge in [-0.25, -0.2) is 0 Å². The molecule has 0 saturated carbocycles. The number of hydrogen-bond acceptors (Lipinski definition) is 4. The van der Waals surface area contributed by atoms with E-state index >= 15 is 0 Å². The summed E-state index contributed by atoms with van der Waals surface area (Å²) in [5.74, 6) is 0. The van der Waals surface area contributed by atoms with Crippen LogP contribution in [0.4, 0.5) is 5.69 Å². The van der Waals surface area contributed by atoms with Gasteiger partial charge in [0.1, 0.15) is 0 Å². The Balaban J connectivity index is 1.98. The SMILES string of the molecule is O=c1ccc2cc(N3CCNCC3)ccc2n1CCCO. The first-order chi connectivity index (χ1) is 10.3. The van der Waals surface area contributed by atoms with E-state index in [2.05, 4.69) is 22.3 Å². The number of pyridine rings is 1. The summed E-state index contributed by atoms with van der Waals surface area (Å²) in [6.45, 7) is 4.69. The number of aliphatic hydroxyl groups excluding tert-OH is 1. The molecule has 1 saturated heterocycles. The molecule has 5 nitrogen and oxygen atoms in total. The van der Waals surface area contributed by atoms with E-state index in [9.17, 15) is 4.79 Å². The molecule has 3 rings (SSSR count). The van der Waals surface area contributed by atoms with E-state index < -0.39 is 0 Å². The number of rotatable bonds is 4. The zero-order valence-corrected chi connectivity index (χ0v) is 12.1. The molecule has 0 radical (unpaired) electrons. The Morgan fingerprint density at radius 3 is 2.71 bits per heavy atom. The lowest BCUT2D eigenvalue weighted by Gasteiger charge is -2.29. The molecule has 1 aliphatic rings. The molecule has 1 aromatic carbocycles. The third-order valence-corrected chi connectivity index (χ3v) is 4.00. The molecule has 2 aromatic rings. The number of nitrogens with one attached hydrogen (secondary N) is 1. The van der Waals surface area contributed by atoms with Crippen molar-refractivity contribution < 1.29 is 5.11 Å². The summed E-state index contributed by atoms with van der Waals surface area (Å²) in [5, 5.41) is 13.4. The predicted octanol–water partition coefficient (Wildman–Crippen LogP) is 0.793. The number of nitrogens with zero attached hydrogens (tertiary/aromatic N) is 2. The summed E-state index contributed by atoms with van der Waals surface area (Å²) in [7, 11) is 0. The van der Waals surface area contributed by atoms with E-state index in [0.29, 0.717) is 13.0 Å². The Kier molecular flexibility index (Phi) is 4.22. The predicted molar refractivity (Wildman–Crippen MR) is 85.0 cm³/mol. The van der Waals surface area contributed by atoms with Crippen LogP contribution in [0.5, 0.6) is 0 Å². The van der Waals surface area contributed by atoms with Gasteiger partial charge in [-0.2, -0.15) is 0 Å². The van der Waals surface area contributed by atoms with Crippen LogP contribution in [0.1, 0.15) is 6.42 Å². The van der Waals surface area contributed by atoms with Crippen LogP contribution in [-0.2, 0) is 6.54 Å². The zero-order chi connectivity index (χ0) is 14.7. The van der Waals surface area contributed by atoms with Gasteiger partial charge < -0.3 is 19.9 Å². The van der Waals surface area contributed by atoms with Crippen LogP contribution >= 0.6 is 0 Å². The van der Waals surface area contributed by atoms with Crippen molar-refractivity contribution in [2.75, 3.05) is 37.7 Å². The third kappa shape index (κ3) is 2.94. The Hall–Kier alpha value is -1.85. The molecule has 0 amide bonds. The van der Waals surface area contributed by atoms with Crippen LogP contribution in [0.3, 0.4) is 0 Å². The second-order valence-electron chi connectivity index (χ2n) is 5.38. The molecule has 0 aliphatic carbocycles. The van der Waals surface area contributed by atoms with Gasteiger partial charge >= 0.3 is 0 Å². The Labute approximate surface area is 123 Å². The first-order valence-corrected chi connectivity index (χ1v) is 7.50. The number of aryl methyl sites for hydroxylation is 1. The van der Waals surface area contributed by atoms with Gasteiger partial charge in [-0.05, 0) is 30.7 Å². The fraction of sp³-hybridized carbons (Fsp3) is 0.438. The molecule has 1 fully saturated rings. The van der Waals surface area contributed by atoms with Gasteiger partial charge in [0.25, 0.3) is 5.56 Å². The summed E-state index contributed by atoms with van der Waals surface area (Å²) in [6, 6.07) is 9.75. The van der Waals surface area contributed by atoms with Crippen molar-refractivity contribution in [1.82, 2.24) is 9.88 Å². The van der Waals surface area contributed by atoms with Crippen LogP contribution < -0.4 is 15.8 Å². The first kappa shape index (κ1) is 14.1. The molecule has 5 heteroatoms. The number of fused-ring (bicyclic) bond motifs is 1. The normalized spacial score (nSPS) is 15.6. The molecule has 2 heterocycles. The molecule has 2 N–H and O–H groups in total. The van der Waals surface area contributed by atoms with Gasteiger partial charge in [0.05, 0.1) is 5.52 Å². The van der Waals surface area contributed by atoms with Gasteiger partial charge in [0, 0.05) is 56.5 Å². The highest BCUT2D eigenvalue weighted by Gasteiger charge is 2.11. The number of aromatic nitrogens is 1. The van der Waals surface area contributed by atoms with Crippen LogP contribution in [0.15, 0.2) is 35.1 Å². The van der Waals surface area contributed by atoms with E-state index in [4.69, 9.17) is 5.11 Å². The molecule has 0 spiro atoms. The van der Waals surface area contributed by atoms with Gasteiger partial charge in [0.15, 0.2) is 0 Å². The minimum atomic E-state index is -0.00845. The second-order valence-corrected chi connectivity index (χ2v) is 5.38. The van der Waals surface area contributed by atoms with Crippen molar-refractivity contribution in [2.24, 2.45) is 0 Å². The van der Waals surface area contributed by atoms with Gasteiger partial charge in [0.2, 0.25) is 0 Å². The molecular weight excluding hydrogens is 266 g/mol. The summed E-state index contributed by atoms with van der Waals surface area (Å²) in [5.41, 5.74) is 2.14. The van der Waals surface area contributed by atoms with Gasteiger partial charge in [-0.3, -0.25) is 4.79 Å².